The van der Waals surface area contributed by atoms with Gasteiger partial charge in [-0.05, 0) is 23.8 Å². The maximum atomic E-state index is 10.9. The van der Waals surface area contributed by atoms with Crippen LogP contribution in [0.3, 0.4) is 0 Å². The monoisotopic (exact) mass is 252 g/mol. The fraction of sp³-hybridized carbons (Fsp3) is 0.867. The molecule has 18 heavy (non-hydrogen) atoms. The van der Waals surface area contributed by atoms with Gasteiger partial charge in [-0.3, -0.25) is 0 Å². The van der Waals surface area contributed by atoms with Crippen molar-refractivity contribution < 1.29 is 15.3 Å². The Hall–Kier alpha value is -0.380. The van der Waals surface area contributed by atoms with Gasteiger partial charge in [0, 0.05) is 24.2 Å². The van der Waals surface area contributed by atoms with Crippen LogP contribution in [0, 0.1) is 16.7 Å². The van der Waals surface area contributed by atoms with Gasteiger partial charge >= 0.3 is 0 Å². The molecule has 3 aliphatic rings. The number of rotatable bonds is 0. The first-order chi connectivity index (χ1) is 8.04. The molecule has 3 rings (SSSR count). The van der Waals surface area contributed by atoms with E-state index >= 15 is 0 Å². The third-order valence-corrected chi connectivity index (χ3v) is 6.05. The zero-order valence-corrected chi connectivity index (χ0v) is 11.5. The molecule has 0 aliphatic heterocycles. The summed E-state index contributed by atoms with van der Waals surface area (Å²) in [7, 11) is 0. The predicted molar refractivity (Wildman–Crippen MR) is 68.9 cm³/mol. The maximum Gasteiger partial charge on any atom is 0.0797 e. The van der Waals surface area contributed by atoms with E-state index in [1.165, 1.54) is 0 Å². The van der Waals surface area contributed by atoms with Crippen LogP contribution in [0.25, 0.3) is 0 Å². The Kier molecular flexibility index (Phi) is 2.12. The summed E-state index contributed by atoms with van der Waals surface area (Å²) < 4.78 is 0. The summed E-state index contributed by atoms with van der Waals surface area (Å²) in [6.07, 6.45) is 1.68. The Morgan fingerprint density at radius 1 is 1.11 bits per heavy atom. The molecule has 3 aliphatic carbocycles. The average Bonchev–Trinajstić information content (AvgIpc) is 2.57. The number of aliphatic hydroxyl groups is 3. The molecule has 0 heterocycles. The van der Waals surface area contributed by atoms with Gasteiger partial charge in [-0.15, -0.1) is 0 Å². The van der Waals surface area contributed by atoms with Crippen LogP contribution in [-0.4, -0.2) is 32.6 Å². The summed E-state index contributed by atoms with van der Waals surface area (Å²) in [5, 5.41) is 31.8. The van der Waals surface area contributed by atoms with Gasteiger partial charge in [0.25, 0.3) is 0 Å². The topological polar surface area (TPSA) is 60.7 Å². The fourth-order valence-electron chi connectivity index (χ4n) is 5.30. The molecule has 0 spiro atoms. The van der Waals surface area contributed by atoms with Gasteiger partial charge in [-0.1, -0.05) is 27.4 Å². The Morgan fingerprint density at radius 3 is 2.33 bits per heavy atom. The van der Waals surface area contributed by atoms with Crippen LogP contribution >= 0.6 is 0 Å². The predicted octanol–water partition coefficient (Wildman–Crippen LogP) is 1.62. The van der Waals surface area contributed by atoms with Crippen molar-refractivity contribution in [2.45, 2.75) is 63.8 Å². The third kappa shape index (κ3) is 1.21. The van der Waals surface area contributed by atoms with E-state index in [9.17, 15) is 15.3 Å². The lowest BCUT2D eigenvalue weighted by molar-refractivity contribution is -0.0455. The highest BCUT2D eigenvalue weighted by Crippen LogP contribution is 2.71. The van der Waals surface area contributed by atoms with E-state index in [0.717, 1.165) is 12.8 Å². The van der Waals surface area contributed by atoms with Crippen LogP contribution in [0.5, 0.6) is 0 Å². The maximum absolute atomic E-state index is 10.9. The molecule has 102 valence electrons. The minimum atomic E-state index is -0.987. The minimum absolute atomic E-state index is 0.00894. The molecule has 0 unspecified atom stereocenters. The molecule has 0 radical (unpaired) electrons. The van der Waals surface area contributed by atoms with Crippen molar-refractivity contribution in [2.24, 2.45) is 16.7 Å². The summed E-state index contributed by atoms with van der Waals surface area (Å²) in [6, 6.07) is 0. The molecule has 0 aromatic heterocycles. The van der Waals surface area contributed by atoms with Crippen LogP contribution in [0.2, 0.25) is 0 Å². The van der Waals surface area contributed by atoms with Crippen LogP contribution in [0.4, 0.5) is 0 Å². The van der Waals surface area contributed by atoms with E-state index in [0.29, 0.717) is 18.4 Å². The Bertz CT molecular complexity index is 429. The number of hydrogen-bond acceptors (Lipinski definition) is 3. The van der Waals surface area contributed by atoms with Crippen molar-refractivity contribution in [2.75, 3.05) is 0 Å². The van der Waals surface area contributed by atoms with Crippen molar-refractivity contribution in [3.63, 3.8) is 0 Å². The molecular weight excluding hydrogens is 228 g/mol. The summed E-state index contributed by atoms with van der Waals surface area (Å²) in [4.78, 5) is 0. The molecule has 3 N–H and O–H groups in total. The van der Waals surface area contributed by atoms with E-state index < -0.39 is 22.7 Å². The summed E-state index contributed by atoms with van der Waals surface area (Å²) in [5.41, 5.74) is -1.52. The molecule has 3 saturated carbocycles. The quantitative estimate of drug-likeness (QED) is 0.574. The zero-order chi connectivity index (χ0) is 13.6. The fourth-order valence-corrected chi connectivity index (χ4v) is 5.30. The second-order valence-electron chi connectivity index (χ2n) is 7.86. The molecule has 3 fully saturated rings. The number of aliphatic hydroxyl groups excluding tert-OH is 1. The third-order valence-electron chi connectivity index (χ3n) is 6.05. The van der Waals surface area contributed by atoms with Gasteiger partial charge in [0.05, 0.1) is 17.3 Å². The van der Waals surface area contributed by atoms with E-state index in [-0.39, 0.29) is 11.3 Å². The van der Waals surface area contributed by atoms with Crippen LogP contribution in [-0.2, 0) is 0 Å². The van der Waals surface area contributed by atoms with Crippen molar-refractivity contribution in [3.05, 3.63) is 12.2 Å². The first-order valence-electron chi connectivity index (χ1n) is 6.86. The highest BCUT2D eigenvalue weighted by atomic mass is 16.3. The van der Waals surface area contributed by atoms with E-state index in [1.54, 1.807) is 0 Å². The van der Waals surface area contributed by atoms with Gasteiger partial charge in [0.2, 0.25) is 0 Å². The van der Waals surface area contributed by atoms with Gasteiger partial charge in [-0.25, -0.2) is 0 Å². The number of fused-ring (bicyclic) bond motifs is 3. The van der Waals surface area contributed by atoms with Gasteiger partial charge < -0.3 is 15.3 Å². The molecule has 3 heteroatoms. The van der Waals surface area contributed by atoms with Crippen LogP contribution < -0.4 is 0 Å². The molecular formula is C15H24O3. The summed E-state index contributed by atoms with van der Waals surface area (Å²) in [5.74, 6) is 0.00894. The molecule has 3 nitrogen and oxygen atoms in total. The van der Waals surface area contributed by atoms with E-state index in [4.69, 9.17) is 0 Å². The van der Waals surface area contributed by atoms with Crippen LogP contribution in [0.15, 0.2) is 12.2 Å². The first-order valence-corrected chi connectivity index (χ1v) is 6.86. The second-order valence-corrected chi connectivity index (χ2v) is 7.86. The Labute approximate surface area is 109 Å². The molecule has 0 saturated heterocycles. The number of hydrogen-bond donors (Lipinski definition) is 3. The highest BCUT2D eigenvalue weighted by molar-refractivity contribution is 5.37. The SMILES string of the molecule is C=C1[C@@H](O)C[C@]2(O)C[C@@]3(O)CC(C)(C)C[C@H]3[C@]12C. The van der Waals surface area contributed by atoms with Gasteiger partial charge in [0.1, 0.15) is 0 Å². The first kappa shape index (κ1) is 12.6. The molecule has 0 aromatic carbocycles. The Balaban J connectivity index is 2.10. The average molecular weight is 252 g/mol. The van der Waals surface area contributed by atoms with E-state index in [1.807, 2.05) is 6.92 Å². The van der Waals surface area contributed by atoms with Gasteiger partial charge in [-0.2, -0.15) is 0 Å². The largest absolute Gasteiger partial charge is 0.389 e. The zero-order valence-electron chi connectivity index (χ0n) is 11.5. The van der Waals surface area contributed by atoms with Crippen molar-refractivity contribution in [3.8, 4) is 0 Å². The van der Waals surface area contributed by atoms with E-state index in [2.05, 4.69) is 20.4 Å². The summed E-state index contributed by atoms with van der Waals surface area (Å²) >= 11 is 0. The minimum Gasteiger partial charge on any atom is -0.389 e. The van der Waals surface area contributed by atoms with Crippen molar-refractivity contribution in [1.29, 1.82) is 0 Å². The van der Waals surface area contributed by atoms with Crippen LogP contribution in [0.1, 0.15) is 46.5 Å². The molecule has 0 amide bonds. The Morgan fingerprint density at radius 2 is 1.72 bits per heavy atom. The van der Waals surface area contributed by atoms with Gasteiger partial charge in [0.15, 0.2) is 0 Å². The summed E-state index contributed by atoms with van der Waals surface area (Å²) in [6.45, 7) is 10.3. The molecule has 0 bridgehead atoms. The lowest BCUT2D eigenvalue weighted by Crippen LogP contribution is -2.41. The molecule has 5 atom stereocenters. The smallest absolute Gasteiger partial charge is 0.0797 e. The normalized spacial score (nSPS) is 57.8. The van der Waals surface area contributed by atoms with Crippen molar-refractivity contribution in [1.82, 2.24) is 0 Å². The second kappa shape index (κ2) is 3.02. The standard InChI is InChI=1S/C15H24O3/c1-9-10(16)5-15(18)8-14(17)7-12(2,3)6-11(14)13(9,15)4/h10-11,16-18H,1,5-8H2,2-4H3/t10-,11-,13-,14-,15-/m0/s1. The van der Waals surface area contributed by atoms with Crippen molar-refractivity contribution >= 4 is 0 Å². The lowest BCUT2D eigenvalue weighted by atomic mass is 9.68. The lowest BCUT2D eigenvalue weighted by Gasteiger charge is -2.38. The molecule has 0 aromatic rings. The highest BCUT2D eigenvalue weighted by Gasteiger charge is 2.74.